The Labute approximate surface area is 237 Å². The molecule has 0 aliphatic heterocycles. The summed E-state index contributed by atoms with van der Waals surface area (Å²) in [6.45, 7) is 11.9. The zero-order valence-electron chi connectivity index (χ0n) is 25.2. The zero-order valence-corrected chi connectivity index (χ0v) is 25.2. The Balaban J connectivity index is 1.26. The van der Waals surface area contributed by atoms with E-state index in [-0.39, 0.29) is 11.5 Å². The van der Waals surface area contributed by atoms with Crippen LogP contribution in [0.3, 0.4) is 0 Å². The van der Waals surface area contributed by atoms with E-state index in [1.165, 1.54) is 36.8 Å². The summed E-state index contributed by atoms with van der Waals surface area (Å²) in [5.74, 6) is 4.30. The first kappa shape index (κ1) is 28.9. The molecule has 2 N–H and O–H groups in total. The van der Waals surface area contributed by atoms with Gasteiger partial charge in [-0.3, -0.25) is 4.79 Å². The second-order valence-electron chi connectivity index (χ2n) is 14.0. The summed E-state index contributed by atoms with van der Waals surface area (Å²) in [5, 5.41) is 15.6. The molecule has 0 heterocycles. The van der Waals surface area contributed by atoms with Crippen LogP contribution in [0.1, 0.15) is 117 Å². The third kappa shape index (κ3) is 5.62. The van der Waals surface area contributed by atoms with E-state index in [9.17, 15) is 9.90 Å². The van der Waals surface area contributed by atoms with Gasteiger partial charge in [0.05, 0.1) is 12.2 Å². The summed E-state index contributed by atoms with van der Waals surface area (Å²) in [7, 11) is 0. The molecule has 1 aromatic carbocycles. The van der Waals surface area contributed by atoms with Gasteiger partial charge in [-0.2, -0.15) is 0 Å². The van der Waals surface area contributed by atoms with E-state index in [0.29, 0.717) is 48.0 Å². The first-order chi connectivity index (χ1) is 18.6. The lowest BCUT2D eigenvalue weighted by atomic mass is 9.47. The number of hydrogen-bond donors (Lipinski definition) is 2. The maximum Gasteiger partial charge on any atom is 0.155 e. The monoisotopic (exact) mass is 535 g/mol. The second kappa shape index (κ2) is 11.7. The molecule has 5 rings (SSSR count). The van der Waals surface area contributed by atoms with Crippen molar-refractivity contribution in [1.82, 2.24) is 5.32 Å². The number of nitrogens with one attached hydrogen (secondary N) is 1. The lowest BCUT2D eigenvalue weighted by Crippen LogP contribution is -2.55. The first-order valence-corrected chi connectivity index (χ1v) is 16.1. The van der Waals surface area contributed by atoms with Crippen LogP contribution >= 0.6 is 0 Å². The number of ketones is 1. The fourth-order valence-electron chi connectivity index (χ4n) is 9.58. The SMILES string of the molecule is CCCCC(C)NC(C)c1cccc(OCCC23CCC4C5CCC(=O)C=C5CC(C)C4C2CC[C@]3(C)O)c1. The van der Waals surface area contributed by atoms with E-state index in [4.69, 9.17) is 4.74 Å². The number of aliphatic hydroxyl groups is 1. The van der Waals surface area contributed by atoms with Crippen molar-refractivity contribution < 1.29 is 14.6 Å². The van der Waals surface area contributed by atoms with Crippen LogP contribution in [0.15, 0.2) is 35.9 Å². The highest BCUT2D eigenvalue weighted by atomic mass is 16.5. The average Bonchev–Trinajstić information content (AvgIpc) is 3.17. The fraction of sp³-hybridized carbons (Fsp3) is 0.743. The highest BCUT2D eigenvalue weighted by molar-refractivity contribution is 5.91. The van der Waals surface area contributed by atoms with Gasteiger partial charge in [0.15, 0.2) is 5.78 Å². The highest BCUT2D eigenvalue weighted by Gasteiger charge is 2.63. The van der Waals surface area contributed by atoms with Crippen molar-refractivity contribution in [3.05, 3.63) is 41.5 Å². The number of fused-ring (bicyclic) bond motifs is 5. The van der Waals surface area contributed by atoms with Gasteiger partial charge < -0.3 is 15.2 Å². The smallest absolute Gasteiger partial charge is 0.155 e. The highest BCUT2D eigenvalue weighted by Crippen LogP contribution is 2.67. The number of carbonyl (C=O) groups excluding carboxylic acids is 1. The number of rotatable bonds is 10. The van der Waals surface area contributed by atoms with E-state index in [2.05, 4.69) is 64.2 Å². The van der Waals surface area contributed by atoms with Crippen LogP contribution in [0.4, 0.5) is 0 Å². The largest absolute Gasteiger partial charge is 0.494 e. The minimum Gasteiger partial charge on any atom is -0.494 e. The summed E-state index contributed by atoms with van der Waals surface area (Å²) in [4.78, 5) is 12.2. The second-order valence-corrected chi connectivity index (χ2v) is 14.0. The van der Waals surface area contributed by atoms with E-state index in [1.807, 2.05) is 6.08 Å². The fourth-order valence-corrected chi connectivity index (χ4v) is 9.58. The van der Waals surface area contributed by atoms with Crippen molar-refractivity contribution in [3.63, 3.8) is 0 Å². The molecule has 9 atom stereocenters. The van der Waals surface area contributed by atoms with Crippen molar-refractivity contribution in [2.75, 3.05) is 6.61 Å². The minimum atomic E-state index is -0.640. The third-order valence-electron chi connectivity index (χ3n) is 11.6. The third-order valence-corrected chi connectivity index (χ3v) is 11.6. The van der Waals surface area contributed by atoms with Crippen molar-refractivity contribution in [1.29, 1.82) is 0 Å². The first-order valence-electron chi connectivity index (χ1n) is 16.1. The number of ether oxygens (including phenoxy) is 1. The molecule has 0 amide bonds. The van der Waals surface area contributed by atoms with Gasteiger partial charge in [-0.05, 0) is 125 Å². The lowest BCUT2D eigenvalue weighted by molar-refractivity contribution is -0.136. The van der Waals surface area contributed by atoms with Crippen molar-refractivity contribution in [3.8, 4) is 5.75 Å². The van der Waals surface area contributed by atoms with E-state index in [0.717, 1.165) is 50.7 Å². The maximum atomic E-state index is 12.2. The van der Waals surface area contributed by atoms with Gasteiger partial charge in [0.25, 0.3) is 0 Å². The molecule has 216 valence electrons. The quantitative estimate of drug-likeness (QED) is 0.321. The van der Waals surface area contributed by atoms with Crippen LogP contribution < -0.4 is 10.1 Å². The Hall–Kier alpha value is -1.65. The zero-order chi connectivity index (χ0) is 27.8. The molecular formula is C35H53NO3. The van der Waals surface area contributed by atoms with Gasteiger partial charge in [0.1, 0.15) is 5.75 Å². The van der Waals surface area contributed by atoms with Gasteiger partial charge in [-0.15, -0.1) is 0 Å². The molecule has 4 aliphatic rings. The van der Waals surface area contributed by atoms with Crippen LogP contribution in [-0.4, -0.2) is 29.1 Å². The Bertz CT molecular complexity index is 1050. The van der Waals surface area contributed by atoms with Crippen LogP contribution in [0.5, 0.6) is 5.75 Å². The van der Waals surface area contributed by atoms with Gasteiger partial charge in [-0.25, -0.2) is 0 Å². The Morgan fingerprint density at radius 2 is 2.00 bits per heavy atom. The predicted molar refractivity (Wildman–Crippen MR) is 159 cm³/mol. The summed E-state index contributed by atoms with van der Waals surface area (Å²) in [5.41, 5.74) is 1.99. The molecule has 0 spiro atoms. The molecule has 3 fully saturated rings. The number of hydrogen-bond acceptors (Lipinski definition) is 4. The number of unbranched alkanes of at least 4 members (excludes halogenated alkanes) is 1. The Morgan fingerprint density at radius 3 is 2.79 bits per heavy atom. The van der Waals surface area contributed by atoms with Crippen LogP contribution in [0.2, 0.25) is 0 Å². The predicted octanol–water partition coefficient (Wildman–Crippen LogP) is 7.80. The van der Waals surface area contributed by atoms with Gasteiger partial charge >= 0.3 is 0 Å². The van der Waals surface area contributed by atoms with E-state index >= 15 is 0 Å². The number of benzene rings is 1. The van der Waals surface area contributed by atoms with Gasteiger partial charge in [0.2, 0.25) is 0 Å². The average molecular weight is 536 g/mol. The van der Waals surface area contributed by atoms with Crippen LogP contribution in [0, 0.1) is 35.0 Å². The lowest BCUT2D eigenvalue weighted by Gasteiger charge is -2.58. The molecule has 8 unspecified atom stereocenters. The molecule has 0 radical (unpaired) electrons. The molecule has 0 saturated heterocycles. The molecule has 0 aromatic heterocycles. The summed E-state index contributed by atoms with van der Waals surface area (Å²) in [6.07, 6.45) is 13.7. The van der Waals surface area contributed by atoms with Gasteiger partial charge in [0, 0.05) is 23.9 Å². The molecule has 3 saturated carbocycles. The van der Waals surface area contributed by atoms with Crippen molar-refractivity contribution in [2.45, 2.75) is 123 Å². The Morgan fingerprint density at radius 1 is 1.18 bits per heavy atom. The minimum absolute atomic E-state index is 0.0741. The van der Waals surface area contributed by atoms with Crippen molar-refractivity contribution in [2.24, 2.45) is 35.0 Å². The molecule has 0 bridgehead atoms. The van der Waals surface area contributed by atoms with Crippen molar-refractivity contribution >= 4 is 5.78 Å². The van der Waals surface area contributed by atoms with Crippen LogP contribution in [0.25, 0.3) is 0 Å². The molecule has 39 heavy (non-hydrogen) atoms. The molecule has 4 nitrogen and oxygen atoms in total. The maximum absolute atomic E-state index is 12.2. The van der Waals surface area contributed by atoms with E-state index in [1.54, 1.807) is 0 Å². The van der Waals surface area contributed by atoms with Gasteiger partial charge in [-0.1, -0.05) is 44.4 Å². The molecule has 4 aliphatic carbocycles. The number of carbonyl (C=O) groups is 1. The summed E-state index contributed by atoms with van der Waals surface area (Å²) < 4.78 is 6.44. The molecule has 1 aromatic rings. The Kier molecular flexibility index (Phi) is 8.65. The summed E-state index contributed by atoms with van der Waals surface area (Å²) in [6, 6.07) is 9.38. The molecule has 4 heteroatoms. The summed E-state index contributed by atoms with van der Waals surface area (Å²) >= 11 is 0. The number of allylic oxidation sites excluding steroid dienone is 1. The van der Waals surface area contributed by atoms with Crippen LogP contribution in [-0.2, 0) is 4.79 Å². The van der Waals surface area contributed by atoms with E-state index < -0.39 is 5.60 Å². The molecular weight excluding hydrogens is 482 g/mol. The topological polar surface area (TPSA) is 58.6 Å². The standard InChI is InChI=1S/C35H53NO3/c1-6-7-9-24(3)36-25(4)26-10-8-11-29(22-26)39-19-18-35-17-14-31-30-13-12-28(37)21-27(30)20-23(2)33(31)32(35)15-16-34(35,5)38/h8,10-11,21-25,30-33,36,38H,6-7,9,12-20H2,1-5H3/t23?,24?,25?,30?,31?,32?,33?,34-,35?/m0/s1. The normalized spacial score (nSPS) is 37.3.